The number of hydrogen-bond donors (Lipinski definition) is 3. The maximum Gasteiger partial charge on any atom is 0.143 e. The van der Waals surface area contributed by atoms with Gasteiger partial charge in [0.1, 0.15) is 45.0 Å². The number of fused-ring (bicyclic) bond motifs is 17. The highest BCUT2D eigenvalue weighted by atomic mass is 32.2. The minimum atomic E-state index is 0.857. The molecule has 1 aliphatic rings. The van der Waals surface area contributed by atoms with Gasteiger partial charge in [-0.05, 0) is 179 Å². The van der Waals surface area contributed by atoms with E-state index in [4.69, 9.17) is 18.0 Å². The summed E-state index contributed by atoms with van der Waals surface area (Å²) in [4.78, 5) is 3.44. The van der Waals surface area contributed by atoms with Crippen LogP contribution in [-0.2, 0) is 0 Å². The number of thiophene rings is 2. The minimum absolute atomic E-state index is 0.857. The molecule has 16 aromatic carbocycles. The lowest BCUT2D eigenvalue weighted by Gasteiger charge is -2.22. The maximum absolute atomic E-state index is 6.53. The van der Waals surface area contributed by atoms with Crippen LogP contribution < -0.4 is 20.7 Å². The van der Waals surface area contributed by atoms with E-state index >= 15 is 0 Å². The van der Waals surface area contributed by atoms with Gasteiger partial charge in [0.05, 0.1) is 32.1 Å². The van der Waals surface area contributed by atoms with E-state index in [2.05, 4.69) is 294 Å². The highest BCUT2D eigenvalue weighted by molar-refractivity contribution is 7.99. The lowest BCUT2D eigenvalue weighted by atomic mass is 9.95. The predicted molar refractivity (Wildman–Crippen MR) is 460 cm³/mol. The summed E-state index contributed by atoms with van der Waals surface area (Å²) in [6.45, 7) is 0. The Morgan fingerprint density at radius 2 is 0.936 bits per heavy atom. The Labute approximate surface area is 637 Å². The largest absolute Gasteiger partial charge is 0.456 e. The fraction of sp³-hybridized carbons (Fsp3) is 0. The van der Waals surface area contributed by atoms with Crippen LogP contribution in [0.1, 0.15) is 0 Å². The Morgan fingerprint density at radius 3 is 1.74 bits per heavy atom. The summed E-state index contributed by atoms with van der Waals surface area (Å²) in [6.07, 6.45) is 2.13. The average molecular weight is 1460 g/mol. The molecule has 11 heteroatoms. The van der Waals surface area contributed by atoms with Gasteiger partial charge in [-0.15, -0.1) is 22.7 Å². The van der Waals surface area contributed by atoms with Crippen LogP contribution in [0.2, 0.25) is 0 Å². The first-order valence-corrected chi connectivity index (χ1v) is 38.8. The minimum Gasteiger partial charge on any atom is -0.456 e. The van der Waals surface area contributed by atoms with Crippen LogP contribution in [0.15, 0.2) is 381 Å². The number of rotatable bonds is 10. The molecule has 0 unspecified atom stereocenters. The summed E-state index contributed by atoms with van der Waals surface area (Å²) in [5.41, 5.74) is 19.5. The zero-order chi connectivity index (χ0) is 71.9. The molecule has 1 aliphatic heterocycles. The van der Waals surface area contributed by atoms with E-state index in [0.29, 0.717) is 0 Å². The van der Waals surface area contributed by atoms with Gasteiger partial charge in [0.15, 0.2) is 0 Å². The van der Waals surface area contributed by atoms with Gasteiger partial charge in [0.25, 0.3) is 0 Å². The van der Waals surface area contributed by atoms with Gasteiger partial charge in [-0.3, -0.25) is 0 Å². The molecule has 0 bridgehead atoms. The summed E-state index contributed by atoms with van der Waals surface area (Å²) in [5.74, 6) is 1.74. The van der Waals surface area contributed by atoms with Crippen molar-refractivity contribution in [3.05, 3.63) is 358 Å². The molecule has 0 amide bonds. The summed E-state index contributed by atoms with van der Waals surface area (Å²) < 4.78 is 31.6. The Bertz CT molecular complexity index is 7260. The summed E-state index contributed by atoms with van der Waals surface area (Å²) in [7, 11) is 0. The van der Waals surface area contributed by atoms with Crippen molar-refractivity contribution in [3.63, 3.8) is 0 Å². The normalized spacial score (nSPS) is 11.9. The first-order chi connectivity index (χ1) is 53.9. The third kappa shape index (κ3) is 11.7. The highest BCUT2D eigenvalue weighted by Crippen LogP contribution is 2.53. The fourth-order valence-electron chi connectivity index (χ4n) is 15.5. The lowest BCUT2D eigenvalue weighted by molar-refractivity contribution is 0.455. The molecule has 109 heavy (non-hydrogen) atoms. The van der Waals surface area contributed by atoms with Crippen LogP contribution in [0.3, 0.4) is 0 Å². The molecule has 0 saturated heterocycles. The molecule has 8 nitrogen and oxygen atoms in total. The number of benzene rings is 16. The van der Waals surface area contributed by atoms with Crippen molar-refractivity contribution in [1.82, 2.24) is 4.57 Å². The molecule has 0 saturated carbocycles. The van der Waals surface area contributed by atoms with Gasteiger partial charge in [-0.2, -0.15) is 0 Å². The smallest absolute Gasteiger partial charge is 0.143 e. The third-order valence-electron chi connectivity index (χ3n) is 20.5. The van der Waals surface area contributed by atoms with E-state index in [1.807, 2.05) is 108 Å². The Kier molecular flexibility index (Phi) is 15.7. The molecule has 3 N–H and O–H groups in total. The molecule has 516 valence electrons. The van der Waals surface area contributed by atoms with Gasteiger partial charge in [0.2, 0.25) is 0 Å². The van der Waals surface area contributed by atoms with Crippen LogP contribution in [0.5, 0.6) is 11.5 Å². The topological polar surface area (TPSA) is 89.7 Å². The Hall–Kier alpha value is -13.6. The van der Waals surface area contributed by atoms with Crippen molar-refractivity contribution in [1.29, 1.82) is 0 Å². The molecule has 0 radical (unpaired) electrons. The van der Waals surface area contributed by atoms with E-state index in [1.165, 1.54) is 62.4 Å². The number of ether oxygens (including phenoxy) is 1. The van der Waals surface area contributed by atoms with E-state index in [1.54, 1.807) is 11.8 Å². The molecule has 0 aliphatic carbocycles. The lowest BCUT2D eigenvalue weighted by Crippen LogP contribution is -1.97. The van der Waals surface area contributed by atoms with Crippen molar-refractivity contribution >= 4 is 186 Å². The number of nitrogens with one attached hydrogen (secondary N) is 3. The first kappa shape index (κ1) is 63.9. The van der Waals surface area contributed by atoms with Crippen molar-refractivity contribution < 1.29 is 18.0 Å². The van der Waals surface area contributed by atoms with Gasteiger partial charge >= 0.3 is 0 Å². The molecular weight excluding hydrogens is 1390 g/mol. The number of hydrogen-bond acceptors (Lipinski definition) is 10. The number of anilines is 6. The van der Waals surface area contributed by atoms with E-state index in [-0.39, 0.29) is 0 Å². The van der Waals surface area contributed by atoms with E-state index < -0.39 is 0 Å². The van der Waals surface area contributed by atoms with Crippen LogP contribution in [0.25, 0.3) is 156 Å². The number of furan rings is 3. The standard InChI is InChI=1S/C38H24N2O2S.C34H21NOS.C26H17NOS/c1-2-9-27(10-3-1)40-20-19-24-17-18-25(23-32(24)40)39-26-21-30-28-11-4-5-13-33(28)42-37(30)31(22-26)29-12-8-15-35-38(29)43-36-16-7-6-14-34(36)41-35;1-2-10-23(11-3-1)35-29-18-22(19-31-34(29)26-13-4-6-15-30(26)36-31)24-14-8-9-21-17-28-25-12-5-7-16-32(25)37-33(28)20-27(21)24;1-2-9-18(10-3-1)27-22-16-24-20(19-11-5-6-12-23(19)28-24)15-21(22)26-14-17-8-4-7-13-25(17)29-26/h1-23,39H;1-20,35H;1-16,27H. The fourth-order valence-corrected chi connectivity index (χ4v) is 18.7. The summed E-state index contributed by atoms with van der Waals surface area (Å²) in [6, 6.07) is 123. The first-order valence-electron chi connectivity index (χ1n) is 36.3. The van der Waals surface area contributed by atoms with Crippen molar-refractivity contribution in [2.24, 2.45) is 0 Å². The third-order valence-corrected chi connectivity index (χ3v) is 24.0. The van der Waals surface area contributed by atoms with Crippen molar-refractivity contribution in [3.8, 4) is 49.9 Å². The van der Waals surface area contributed by atoms with Crippen LogP contribution in [0, 0.1) is 0 Å². The second-order valence-corrected chi connectivity index (χ2v) is 30.5. The molecule has 0 atom stereocenters. The molecule has 6 aromatic heterocycles. The van der Waals surface area contributed by atoms with E-state index in [9.17, 15) is 0 Å². The average Bonchev–Trinajstić information content (AvgIpc) is 1.65. The van der Waals surface area contributed by atoms with Crippen molar-refractivity contribution in [2.45, 2.75) is 9.79 Å². The highest BCUT2D eigenvalue weighted by Gasteiger charge is 2.25. The second-order valence-electron chi connectivity index (χ2n) is 27.3. The van der Waals surface area contributed by atoms with Crippen LogP contribution >= 0.6 is 34.4 Å². The maximum atomic E-state index is 6.53. The van der Waals surface area contributed by atoms with Gasteiger partial charge in [0, 0.05) is 119 Å². The van der Waals surface area contributed by atoms with Crippen molar-refractivity contribution in [2.75, 3.05) is 16.0 Å². The van der Waals surface area contributed by atoms with E-state index in [0.717, 1.165) is 149 Å². The quantitative estimate of drug-likeness (QED) is 0.125. The molecule has 0 spiro atoms. The predicted octanol–water partition coefficient (Wildman–Crippen LogP) is 29.9. The Morgan fingerprint density at radius 1 is 0.294 bits per heavy atom. The summed E-state index contributed by atoms with van der Waals surface area (Å²) in [5, 5.41) is 25.3. The number of para-hydroxylation sites is 7. The summed E-state index contributed by atoms with van der Waals surface area (Å²) >= 11 is 5.42. The molecule has 23 rings (SSSR count). The molecule has 0 fully saturated rings. The Balaban J connectivity index is 0.000000106. The zero-order valence-corrected chi connectivity index (χ0v) is 60.8. The molecule has 22 aromatic rings. The number of aromatic nitrogens is 1. The number of nitrogens with zero attached hydrogens (tertiary/aromatic N) is 1. The monoisotopic (exact) mass is 1450 g/mol. The molecular formula is C98H62N4O4S3. The van der Waals surface area contributed by atoms with Gasteiger partial charge in [-0.1, -0.05) is 206 Å². The van der Waals surface area contributed by atoms with Gasteiger partial charge in [-0.25, -0.2) is 0 Å². The molecule has 7 heterocycles. The van der Waals surface area contributed by atoms with Crippen LogP contribution in [0.4, 0.5) is 34.1 Å². The second kappa shape index (κ2) is 26.8. The van der Waals surface area contributed by atoms with Gasteiger partial charge < -0.3 is 38.5 Å². The zero-order valence-electron chi connectivity index (χ0n) is 58.4. The SMILES string of the molecule is c1ccc(-n2ccc3ccc(Nc4cc(-c5cccc6c5Sc5ccccc5O6)c5oc6ccccc6c5c4)cc32)cc1.c1ccc(Nc2cc(-c3cccc4cc5c(cc34)sc3ccccc35)cc3oc4ccccc4c23)cc1.c1ccc(Nc2cc3oc4ccccc4c3cc2-c2cc3ccccc3s2)cc1. The van der Waals surface area contributed by atoms with Crippen LogP contribution in [-0.4, -0.2) is 4.57 Å².